The van der Waals surface area contributed by atoms with Gasteiger partial charge in [-0.05, 0) is 47.7 Å². The molecule has 0 aliphatic rings. The van der Waals surface area contributed by atoms with Crippen LogP contribution >= 0.6 is 0 Å². The van der Waals surface area contributed by atoms with Crippen molar-refractivity contribution >= 4 is 26.6 Å². The number of carbonyl (C=O) groups excluding carboxylic acids is 1. The van der Waals surface area contributed by atoms with Crippen LogP contribution in [-0.4, -0.2) is 25.1 Å². The maximum absolute atomic E-state index is 12.7. The number of nitrogens with one attached hydrogen (secondary N) is 1. The van der Waals surface area contributed by atoms with Crippen molar-refractivity contribution in [2.45, 2.75) is 24.3 Å². The van der Waals surface area contributed by atoms with Gasteiger partial charge in [0.25, 0.3) is 5.91 Å². The third-order valence-electron chi connectivity index (χ3n) is 4.57. The van der Waals surface area contributed by atoms with E-state index in [4.69, 9.17) is 0 Å². The molecule has 6 heteroatoms. The van der Waals surface area contributed by atoms with Crippen LogP contribution in [0, 0.1) is 0 Å². The van der Waals surface area contributed by atoms with Gasteiger partial charge in [0.2, 0.25) is 0 Å². The minimum Gasteiger partial charge on any atom is -0.351 e. The molecule has 3 aromatic rings. The van der Waals surface area contributed by atoms with E-state index in [2.05, 4.69) is 5.32 Å². The van der Waals surface area contributed by atoms with Gasteiger partial charge in [-0.2, -0.15) is 0 Å². The molecular weight excluding hydrogens is 348 g/mol. The Bertz CT molecular complexity index is 1050. The quantitative estimate of drug-likeness (QED) is 0.748. The SMILES string of the molecule is CC[C@@H](NC(=O)c1ccc2ccn(C)c2c1)c1ccc(S(C)(=O)=O)cc1. The molecule has 3 rings (SSSR count). The van der Waals surface area contributed by atoms with E-state index in [0.29, 0.717) is 12.0 Å². The number of sulfone groups is 1. The van der Waals surface area contributed by atoms with Crippen LogP contribution in [0.15, 0.2) is 59.6 Å². The highest BCUT2D eigenvalue weighted by Gasteiger charge is 2.16. The molecule has 0 aliphatic heterocycles. The summed E-state index contributed by atoms with van der Waals surface area (Å²) < 4.78 is 25.2. The van der Waals surface area contributed by atoms with E-state index in [1.807, 2.05) is 49.0 Å². The predicted molar refractivity (Wildman–Crippen MR) is 103 cm³/mol. The van der Waals surface area contributed by atoms with Crippen LogP contribution in [0.25, 0.3) is 10.9 Å². The van der Waals surface area contributed by atoms with Crippen LogP contribution in [0.3, 0.4) is 0 Å². The number of benzene rings is 2. The van der Waals surface area contributed by atoms with E-state index in [-0.39, 0.29) is 16.8 Å². The lowest BCUT2D eigenvalue weighted by molar-refractivity contribution is 0.0935. The van der Waals surface area contributed by atoms with Gasteiger partial charge < -0.3 is 9.88 Å². The number of fused-ring (bicyclic) bond motifs is 1. The molecule has 1 atom stereocenters. The molecule has 2 aromatic carbocycles. The molecule has 0 saturated carbocycles. The molecule has 1 aromatic heterocycles. The number of aryl methyl sites for hydroxylation is 1. The number of aromatic nitrogens is 1. The van der Waals surface area contributed by atoms with Gasteiger partial charge in [0.05, 0.1) is 10.9 Å². The van der Waals surface area contributed by atoms with Crippen molar-refractivity contribution in [2.24, 2.45) is 7.05 Å². The Morgan fingerprint density at radius 2 is 1.81 bits per heavy atom. The Hall–Kier alpha value is -2.60. The molecule has 26 heavy (non-hydrogen) atoms. The van der Waals surface area contributed by atoms with Gasteiger partial charge in [0, 0.05) is 30.6 Å². The predicted octanol–water partition coefficient (Wildman–Crippen LogP) is 3.46. The van der Waals surface area contributed by atoms with Gasteiger partial charge in [-0.3, -0.25) is 4.79 Å². The average Bonchev–Trinajstić information content (AvgIpc) is 2.99. The Morgan fingerprint density at radius 1 is 1.12 bits per heavy atom. The summed E-state index contributed by atoms with van der Waals surface area (Å²) in [6.45, 7) is 1.98. The first-order chi connectivity index (χ1) is 12.3. The van der Waals surface area contributed by atoms with Crippen LogP contribution in [-0.2, 0) is 16.9 Å². The molecule has 0 aliphatic carbocycles. The zero-order chi connectivity index (χ0) is 18.9. The van der Waals surface area contributed by atoms with Crippen LogP contribution in [0.1, 0.15) is 35.3 Å². The molecule has 0 radical (unpaired) electrons. The van der Waals surface area contributed by atoms with Crippen molar-refractivity contribution < 1.29 is 13.2 Å². The normalized spacial score (nSPS) is 12.9. The van der Waals surface area contributed by atoms with E-state index in [9.17, 15) is 13.2 Å². The van der Waals surface area contributed by atoms with Crippen LogP contribution < -0.4 is 5.32 Å². The summed E-state index contributed by atoms with van der Waals surface area (Å²) in [6.07, 6.45) is 3.85. The summed E-state index contributed by atoms with van der Waals surface area (Å²) >= 11 is 0. The molecule has 1 amide bonds. The van der Waals surface area contributed by atoms with Crippen molar-refractivity contribution in [1.82, 2.24) is 9.88 Å². The summed E-state index contributed by atoms with van der Waals surface area (Å²) in [6, 6.07) is 14.1. The molecule has 1 N–H and O–H groups in total. The summed E-state index contributed by atoms with van der Waals surface area (Å²) in [5.74, 6) is -0.146. The van der Waals surface area contributed by atoms with E-state index in [0.717, 1.165) is 16.5 Å². The maximum atomic E-state index is 12.7. The molecule has 5 nitrogen and oxygen atoms in total. The lowest BCUT2D eigenvalue weighted by atomic mass is 10.0. The van der Waals surface area contributed by atoms with Crippen LogP contribution in [0.4, 0.5) is 0 Å². The topological polar surface area (TPSA) is 68.2 Å². The van der Waals surface area contributed by atoms with Gasteiger partial charge in [-0.15, -0.1) is 0 Å². The van der Waals surface area contributed by atoms with Crippen molar-refractivity contribution in [1.29, 1.82) is 0 Å². The highest BCUT2D eigenvalue weighted by atomic mass is 32.2. The largest absolute Gasteiger partial charge is 0.351 e. The molecule has 0 bridgehead atoms. The van der Waals surface area contributed by atoms with Gasteiger partial charge in [0.15, 0.2) is 9.84 Å². The fourth-order valence-electron chi connectivity index (χ4n) is 3.01. The zero-order valence-corrected chi connectivity index (χ0v) is 15.9. The van der Waals surface area contributed by atoms with Crippen molar-refractivity contribution in [3.8, 4) is 0 Å². The second kappa shape index (κ2) is 6.96. The average molecular weight is 370 g/mol. The molecular formula is C20H22N2O3S. The second-order valence-electron chi connectivity index (χ2n) is 6.48. The summed E-state index contributed by atoms with van der Waals surface area (Å²) in [7, 11) is -1.28. The van der Waals surface area contributed by atoms with E-state index in [1.54, 1.807) is 24.3 Å². The fourth-order valence-corrected chi connectivity index (χ4v) is 3.64. The minimum atomic E-state index is -3.23. The molecule has 0 fully saturated rings. The Labute approximate surface area is 153 Å². The number of nitrogens with zero attached hydrogens (tertiary/aromatic N) is 1. The lowest BCUT2D eigenvalue weighted by Crippen LogP contribution is -2.28. The third-order valence-corrected chi connectivity index (χ3v) is 5.70. The van der Waals surface area contributed by atoms with Gasteiger partial charge >= 0.3 is 0 Å². The smallest absolute Gasteiger partial charge is 0.251 e. The summed E-state index contributed by atoms with van der Waals surface area (Å²) in [5.41, 5.74) is 2.49. The van der Waals surface area contributed by atoms with E-state index < -0.39 is 9.84 Å². The first-order valence-electron chi connectivity index (χ1n) is 8.45. The number of hydrogen-bond donors (Lipinski definition) is 1. The Balaban J connectivity index is 1.82. The molecule has 0 unspecified atom stereocenters. The monoisotopic (exact) mass is 370 g/mol. The summed E-state index contributed by atoms with van der Waals surface area (Å²) in [5, 5.41) is 4.13. The first kappa shape index (κ1) is 18.2. The van der Waals surface area contributed by atoms with Crippen LogP contribution in [0.5, 0.6) is 0 Å². The third kappa shape index (κ3) is 3.65. The van der Waals surface area contributed by atoms with Crippen LogP contribution in [0.2, 0.25) is 0 Å². The van der Waals surface area contributed by atoms with E-state index in [1.165, 1.54) is 6.26 Å². The number of rotatable bonds is 5. The van der Waals surface area contributed by atoms with Crippen molar-refractivity contribution in [3.05, 3.63) is 65.9 Å². The molecule has 0 saturated heterocycles. The van der Waals surface area contributed by atoms with E-state index >= 15 is 0 Å². The van der Waals surface area contributed by atoms with Gasteiger partial charge in [0.1, 0.15) is 0 Å². The highest BCUT2D eigenvalue weighted by Crippen LogP contribution is 2.21. The highest BCUT2D eigenvalue weighted by molar-refractivity contribution is 7.90. The van der Waals surface area contributed by atoms with Crippen molar-refractivity contribution in [2.75, 3.05) is 6.26 Å². The Morgan fingerprint density at radius 3 is 2.42 bits per heavy atom. The fraction of sp³-hybridized carbons (Fsp3) is 0.250. The first-order valence-corrected chi connectivity index (χ1v) is 10.3. The molecule has 136 valence electrons. The number of carbonyl (C=O) groups is 1. The number of hydrogen-bond acceptors (Lipinski definition) is 3. The van der Waals surface area contributed by atoms with Gasteiger partial charge in [-0.1, -0.05) is 25.1 Å². The maximum Gasteiger partial charge on any atom is 0.251 e. The Kier molecular flexibility index (Phi) is 4.87. The number of amides is 1. The second-order valence-corrected chi connectivity index (χ2v) is 8.49. The lowest BCUT2D eigenvalue weighted by Gasteiger charge is -2.18. The molecule has 1 heterocycles. The van der Waals surface area contributed by atoms with Crippen molar-refractivity contribution in [3.63, 3.8) is 0 Å². The zero-order valence-electron chi connectivity index (χ0n) is 15.1. The standard InChI is InChI=1S/C20H22N2O3S/c1-4-18(14-7-9-17(10-8-14)26(3,24)25)21-20(23)16-6-5-15-11-12-22(2)19(15)13-16/h5-13,18H,4H2,1-3H3,(H,21,23)/t18-/m1/s1. The minimum absolute atomic E-state index is 0.146. The summed E-state index contributed by atoms with van der Waals surface area (Å²) in [4.78, 5) is 12.9. The molecule has 0 spiro atoms. The van der Waals surface area contributed by atoms with Gasteiger partial charge in [-0.25, -0.2) is 8.42 Å².